The van der Waals surface area contributed by atoms with Crippen molar-refractivity contribution in [2.24, 2.45) is 0 Å². The molecule has 0 radical (unpaired) electrons. The topological polar surface area (TPSA) is 108 Å². The summed E-state index contributed by atoms with van der Waals surface area (Å²) in [4.78, 5) is 25.4. The predicted molar refractivity (Wildman–Crippen MR) is 95.5 cm³/mol. The van der Waals surface area contributed by atoms with Gasteiger partial charge >= 0.3 is 5.69 Å². The number of ether oxygens (including phenoxy) is 1. The minimum atomic E-state index is -0.482. The molecule has 0 N–H and O–H groups in total. The van der Waals surface area contributed by atoms with Crippen LogP contribution >= 0.6 is 23.1 Å². The van der Waals surface area contributed by atoms with E-state index in [4.69, 9.17) is 4.74 Å². The van der Waals surface area contributed by atoms with Crippen LogP contribution in [0, 0.1) is 20.2 Å². The number of non-ortho nitro benzene ring substituents is 1. The molecule has 0 aliphatic rings. The van der Waals surface area contributed by atoms with E-state index in [9.17, 15) is 20.2 Å². The van der Waals surface area contributed by atoms with Crippen molar-refractivity contribution in [3.8, 4) is 5.75 Å². The Morgan fingerprint density at radius 1 is 1.16 bits per heavy atom. The number of nitrogens with zero attached hydrogens (tertiary/aromatic N) is 3. The third kappa shape index (κ3) is 3.69. The van der Waals surface area contributed by atoms with Crippen molar-refractivity contribution in [1.82, 2.24) is 4.98 Å². The molecule has 3 rings (SSSR count). The number of nitro groups is 2. The van der Waals surface area contributed by atoms with E-state index in [0.717, 1.165) is 14.6 Å². The summed E-state index contributed by atoms with van der Waals surface area (Å²) >= 11 is 2.78. The lowest BCUT2D eigenvalue weighted by atomic mass is 10.2. The van der Waals surface area contributed by atoms with Crippen molar-refractivity contribution in [3.63, 3.8) is 0 Å². The fourth-order valence-corrected chi connectivity index (χ4v) is 4.23. The van der Waals surface area contributed by atoms with Crippen molar-refractivity contribution in [2.45, 2.75) is 10.1 Å². The number of aromatic nitrogens is 1. The zero-order chi connectivity index (χ0) is 18.0. The molecule has 0 amide bonds. The molecule has 0 saturated heterocycles. The number of rotatable bonds is 6. The van der Waals surface area contributed by atoms with Crippen molar-refractivity contribution in [2.75, 3.05) is 7.11 Å². The van der Waals surface area contributed by atoms with Crippen molar-refractivity contribution >= 4 is 44.7 Å². The quantitative estimate of drug-likeness (QED) is 0.355. The van der Waals surface area contributed by atoms with Crippen LogP contribution in [0.15, 0.2) is 40.7 Å². The Morgan fingerprint density at radius 3 is 2.64 bits per heavy atom. The lowest BCUT2D eigenvalue weighted by molar-refractivity contribution is -0.385. The van der Waals surface area contributed by atoms with Crippen LogP contribution in [0.25, 0.3) is 10.2 Å². The van der Waals surface area contributed by atoms with E-state index in [0.29, 0.717) is 11.3 Å². The first-order valence-electron chi connectivity index (χ1n) is 6.97. The normalized spacial score (nSPS) is 10.8. The van der Waals surface area contributed by atoms with Gasteiger partial charge in [0.25, 0.3) is 5.69 Å². The third-order valence-electron chi connectivity index (χ3n) is 3.37. The molecule has 0 atom stereocenters. The molecule has 3 aromatic rings. The molecule has 0 bridgehead atoms. The highest BCUT2D eigenvalue weighted by atomic mass is 32.2. The zero-order valence-corrected chi connectivity index (χ0v) is 14.5. The summed E-state index contributed by atoms with van der Waals surface area (Å²) in [6, 6.07) is 9.33. The average Bonchev–Trinajstić information content (AvgIpc) is 3.01. The Hall–Kier alpha value is -2.72. The average molecular weight is 377 g/mol. The zero-order valence-electron chi connectivity index (χ0n) is 12.9. The van der Waals surface area contributed by atoms with E-state index in [1.54, 1.807) is 18.2 Å². The van der Waals surface area contributed by atoms with Gasteiger partial charge in [-0.3, -0.25) is 20.2 Å². The van der Waals surface area contributed by atoms with E-state index in [2.05, 4.69) is 4.98 Å². The number of fused-ring (bicyclic) bond motifs is 1. The smallest absolute Gasteiger partial charge is 0.311 e. The monoisotopic (exact) mass is 377 g/mol. The number of nitro benzene ring substituents is 2. The number of thioether (sulfide) groups is 1. The van der Waals surface area contributed by atoms with Crippen LogP contribution in [-0.4, -0.2) is 21.9 Å². The summed E-state index contributed by atoms with van der Waals surface area (Å²) in [5.74, 6) is 0.707. The fourth-order valence-electron chi connectivity index (χ4n) is 2.18. The summed E-state index contributed by atoms with van der Waals surface area (Å²) in [5.41, 5.74) is 1.40. The number of benzene rings is 2. The molecule has 0 fully saturated rings. The predicted octanol–water partition coefficient (Wildman–Crippen LogP) is 4.41. The van der Waals surface area contributed by atoms with Gasteiger partial charge in [-0.25, -0.2) is 4.98 Å². The second kappa shape index (κ2) is 7.03. The first-order chi connectivity index (χ1) is 12.0. The van der Waals surface area contributed by atoms with Gasteiger partial charge in [-0.05, 0) is 17.7 Å². The van der Waals surface area contributed by atoms with E-state index in [-0.39, 0.29) is 17.1 Å². The van der Waals surface area contributed by atoms with Gasteiger partial charge in [0.1, 0.15) is 0 Å². The minimum absolute atomic E-state index is 0.0264. The van der Waals surface area contributed by atoms with E-state index in [1.807, 2.05) is 0 Å². The van der Waals surface area contributed by atoms with Crippen molar-refractivity contribution in [3.05, 3.63) is 62.2 Å². The molecule has 128 valence electrons. The first-order valence-corrected chi connectivity index (χ1v) is 8.77. The summed E-state index contributed by atoms with van der Waals surface area (Å²) in [7, 11) is 1.39. The standard InChI is InChI=1S/C15H11N3O5S2/c1-23-13-5-2-9(6-12(13)18(21)22)8-24-15-16-11-4-3-10(17(19)20)7-14(11)25-15/h2-7H,8H2,1H3. The van der Waals surface area contributed by atoms with Crippen LogP contribution < -0.4 is 4.74 Å². The van der Waals surface area contributed by atoms with Gasteiger partial charge in [0, 0.05) is 24.0 Å². The number of methoxy groups -OCH3 is 1. The van der Waals surface area contributed by atoms with Gasteiger partial charge in [-0.2, -0.15) is 0 Å². The molecule has 25 heavy (non-hydrogen) atoms. The van der Waals surface area contributed by atoms with Gasteiger partial charge in [-0.15, -0.1) is 11.3 Å². The second-order valence-electron chi connectivity index (χ2n) is 4.94. The highest BCUT2D eigenvalue weighted by Gasteiger charge is 2.16. The molecule has 1 heterocycles. The molecule has 0 aliphatic heterocycles. The van der Waals surface area contributed by atoms with Gasteiger partial charge in [0.15, 0.2) is 10.1 Å². The minimum Gasteiger partial charge on any atom is -0.490 e. The maximum absolute atomic E-state index is 11.1. The van der Waals surface area contributed by atoms with Gasteiger partial charge < -0.3 is 4.74 Å². The lowest BCUT2D eigenvalue weighted by Crippen LogP contribution is -1.94. The van der Waals surface area contributed by atoms with Crippen LogP contribution in [0.5, 0.6) is 5.75 Å². The molecule has 0 unspecified atom stereocenters. The largest absolute Gasteiger partial charge is 0.490 e. The Balaban J connectivity index is 1.79. The fraction of sp³-hybridized carbons (Fsp3) is 0.133. The molecule has 0 saturated carbocycles. The summed E-state index contributed by atoms with van der Waals surface area (Å²) < 4.78 is 6.46. The third-order valence-corrected chi connectivity index (χ3v) is 5.60. The summed E-state index contributed by atoms with van der Waals surface area (Å²) in [5, 5.41) is 21.9. The molecular weight excluding hydrogens is 366 g/mol. The highest BCUT2D eigenvalue weighted by molar-refractivity contribution is 8.00. The Kier molecular flexibility index (Phi) is 4.81. The van der Waals surface area contributed by atoms with Crippen LogP contribution in [0.4, 0.5) is 11.4 Å². The molecule has 0 spiro atoms. The second-order valence-corrected chi connectivity index (χ2v) is 7.19. The van der Waals surface area contributed by atoms with Crippen LogP contribution in [0.1, 0.15) is 5.56 Å². The van der Waals surface area contributed by atoms with Gasteiger partial charge in [0.2, 0.25) is 0 Å². The molecule has 10 heteroatoms. The maximum Gasteiger partial charge on any atom is 0.311 e. The van der Waals surface area contributed by atoms with E-state index in [1.165, 1.54) is 48.4 Å². The van der Waals surface area contributed by atoms with Crippen molar-refractivity contribution < 1.29 is 14.6 Å². The highest BCUT2D eigenvalue weighted by Crippen LogP contribution is 2.35. The Morgan fingerprint density at radius 2 is 1.96 bits per heavy atom. The number of thiazole rings is 1. The van der Waals surface area contributed by atoms with Crippen LogP contribution in [0.3, 0.4) is 0 Å². The maximum atomic E-state index is 11.1. The van der Waals surface area contributed by atoms with Crippen LogP contribution in [0.2, 0.25) is 0 Å². The SMILES string of the molecule is COc1ccc(CSc2nc3ccc([N+](=O)[O-])cc3s2)cc1[N+](=O)[O-]. The lowest BCUT2D eigenvalue weighted by Gasteiger charge is -2.04. The summed E-state index contributed by atoms with van der Waals surface area (Å²) in [6.45, 7) is 0. The number of hydrogen-bond acceptors (Lipinski definition) is 8. The Labute approximate surface area is 149 Å². The number of hydrogen-bond donors (Lipinski definition) is 0. The molecule has 1 aromatic heterocycles. The molecule has 8 nitrogen and oxygen atoms in total. The molecule has 0 aliphatic carbocycles. The van der Waals surface area contributed by atoms with Gasteiger partial charge in [-0.1, -0.05) is 17.8 Å². The van der Waals surface area contributed by atoms with Crippen molar-refractivity contribution in [1.29, 1.82) is 0 Å². The van der Waals surface area contributed by atoms with Gasteiger partial charge in [0.05, 0.1) is 27.2 Å². The molecule has 2 aromatic carbocycles. The molecular formula is C15H11N3O5S2. The van der Waals surface area contributed by atoms with E-state index < -0.39 is 9.85 Å². The first kappa shape index (κ1) is 17.1. The Bertz CT molecular complexity index is 973. The van der Waals surface area contributed by atoms with E-state index >= 15 is 0 Å². The van der Waals surface area contributed by atoms with Crippen LogP contribution in [-0.2, 0) is 5.75 Å². The summed E-state index contributed by atoms with van der Waals surface area (Å²) in [6.07, 6.45) is 0.